The minimum absolute atomic E-state index is 0.174. The first kappa shape index (κ1) is 22.5. The van der Waals surface area contributed by atoms with E-state index in [4.69, 9.17) is 0 Å². The van der Waals surface area contributed by atoms with Crippen molar-refractivity contribution >= 4 is 32.9 Å². The average molecular weight is 477 g/mol. The SMILES string of the molecule is Cc1cc(S(=O)(=O)Nc2cscn2)c(F)cc1N(C)C1CCN(Cc2ccc(O)cc2)C1. The van der Waals surface area contributed by atoms with Crippen molar-refractivity contribution in [3.05, 3.63) is 64.2 Å². The van der Waals surface area contributed by atoms with Crippen LogP contribution in [0.25, 0.3) is 0 Å². The summed E-state index contributed by atoms with van der Waals surface area (Å²) in [5.74, 6) is -0.371. The van der Waals surface area contributed by atoms with Crippen LogP contribution >= 0.6 is 11.3 Å². The van der Waals surface area contributed by atoms with Crippen LogP contribution in [-0.2, 0) is 16.6 Å². The Morgan fingerprint density at radius 1 is 1.31 bits per heavy atom. The summed E-state index contributed by atoms with van der Waals surface area (Å²) in [6.45, 7) is 4.28. The van der Waals surface area contributed by atoms with Crippen molar-refractivity contribution in [2.75, 3.05) is 29.8 Å². The lowest BCUT2D eigenvalue weighted by atomic mass is 10.1. The monoisotopic (exact) mass is 476 g/mol. The molecule has 1 atom stereocenters. The number of nitrogens with zero attached hydrogens (tertiary/aromatic N) is 3. The fourth-order valence-corrected chi connectivity index (χ4v) is 5.72. The highest BCUT2D eigenvalue weighted by Gasteiger charge is 2.28. The number of phenolic OH excluding ortho intramolecular Hbond substituents is 1. The number of aryl methyl sites for hydroxylation is 1. The zero-order chi connectivity index (χ0) is 22.9. The van der Waals surface area contributed by atoms with Crippen LogP contribution in [0.15, 0.2) is 52.2 Å². The second-order valence-electron chi connectivity index (χ2n) is 8.00. The zero-order valence-electron chi connectivity index (χ0n) is 17.8. The minimum atomic E-state index is -4.07. The van der Waals surface area contributed by atoms with Crippen LogP contribution in [0.1, 0.15) is 17.5 Å². The van der Waals surface area contributed by atoms with Crippen molar-refractivity contribution in [3.8, 4) is 5.75 Å². The van der Waals surface area contributed by atoms with E-state index < -0.39 is 15.8 Å². The Bertz CT molecular complexity index is 1180. The third kappa shape index (κ3) is 4.87. The van der Waals surface area contributed by atoms with Gasteiger partial charge in [0.2, 0.25) is 0 Å². The summed E-state index contributed by atoms with van der Waals surface area (Å²) in [5, 5.41) is 11.0. The van der Waals surface area contributed by atoms with Crippen LogP contribution in [0.2, 0.25) is 0 Å². The normalized spacial score (nSPS) is 16.9. The predicted octanol–water partition coefficient (Wildman–Crippen LogP) is 3.81. The molecule has 0 saturated carbocycles. The molecular formula is C22H25FN4O3S2. The van der Waals surface area contributed by atoms with Gasteiger partial charge in [0.15, 0.2) is 5.82 Å². The van der Waals surface area contributed by atoms with Crippen molar-refractivity contribution in [2.45, 2.75) is 30.8 Å². The van der Waals surface area contributed by atoms with E-state index in [9.17, 15) is 17.9 Å². The summed E-state index contributed by atoms with van der Waals surface area (Å²) < 4.78 is 42.5. The molecule has 3 aromatic rings. The molecule has 1 aromatic heterocycles. The van der Waals surface area contributed by atoms with Gasteiger partial charge >= 0.3 is 0 Å². The van der Waals surface area contributed by atoms with Gasteiger partial charge in [0.25, 0.3) is 10.0 Å². The fourth-order valence-electron chi connectivity index (χ4n) is 4.01. The standard InChI is InChI=1S/C22H25FN4O3S2/c1-15-9-21(32(29,30)25-22-13-31-14-24-22)19(23)10-20(15)26(2)17-7-8-27(12-17)11-16-3-5-18(28)6-4-16/h3-6,9-10,13-14,17,25,28H,7-8,11-12H2,1-2H3. The number of aromatic nitrogens is 1. The van der Waals surface area contributed by atoms with E-state index in [0.29, 0.717) is 11.3 Å². The fraction of sp³-hybridized carbons (Fsp3) is 0.318. The number of phenols is 1. The number of likely N-dealkylation sites (tertiary alicyclic amines) is 1. The topological polar surface area (TPSA) is 85.8 Å². The molecular weight excluding hydrogens is 451 g/mol. The third-order valence-electron chi connectivity index (χ3n) is 5.73. The summed E-state index contributed by atoms with van der Waals surface area (Å²) in [6, 6.07) is 10.0. The van der Waals surface area contributed by atoms with Crippen molar-refractivity contribution in [1.82, 2.24) is 9.88 Å². The Labute approximate surface area is 191 Å². The number of anilines is 2. The Kier molecular flexibility index (Phi) is 6.36. The number of thiazole rings is 1. The molecule has 32 heavy (non-hydrogen) atoms. The number of benzene rings is 2. The molecule has 1 fully saturated rings. The first-order chi connectivity index (χ1) is 15.2. The van der Waals surface area contributed by atoms with E-state index in [2.05, 4.69) is 14.6 Å². The molecule has 0 spiro atoms. The van der Waals surface area contributed by atoms with Gasteiger partial charge in [-0.3, -0.25) is 9.62 Å². The van der Waals surface area contributed by atoms with Gasteiger partial charge in [-0.2, -0.15) is 0 Å². The van der Waals surface area contributed by atoms with Gasteiger partial charge in [0.05, 0.1) is 5.51 Å². The average Bonchev–Trinajstić information content (AvgIpc) is 3.42. The number of aromatic hydroxyl groups is 1. The van der Waals surface area contributed by atoms with Gasteiger partial charge in [-0.25, -0.2) is 17.8 Å². The largest absolute Gasteiger partial charge is 0.508 e. The van der Waals surface area contributed by atoms with E-state index in [1.807, 2.05) is 24.1 Å². The van der Waals surface area contributed by atoms with Gasteiger partial charge in [0, 0.05) is 43.8 Å². The predicted molar refractivity (Wildman–Crippen MR) is 124 cm³/mol. The Morgan fingerprint density at radius 3 is 2.75 bits per heavy atom. The van der Waals surface area contributed by atoms with Crippen LogP contribution in [-0.4, -0.2) is 49.6 Å². The summed E-state index contributed by atoms with van der Waals surface area (Å²) in [7, 11) is -2.15. The number of hydrogen-bond donors (Lipinski definition) is 2. The summed E-state index contributed by atoms with van der Waals surface area (Å²) >= 11 is 1.25. The number of hydrogen-bond acceptors (Lipinski definition) is 7. The molecule has 0 radical (unpaired) electrons. The van der Waals surface area contributed by atoms with Crippen molar-refractivity contribution in [2.24, 2.45) is 0 Å². The number of halogens is 1. The first-order valence-electron chi connectivity index (χ1n) is 10.2. The molecule has 1 saturated heterocycles. The van der Waals surface area contributed by atoms with Gasteiger partial charge in [-0.15, -0.1) is 11.3 Å². The van der Waals surface area contributed by atoms with E-state index in [1.54, 1.807) is 24.4 Å². The number of sulfonamides is 1. The molecule has 1 aliphatic heterocycles. The van der Waals surface area contributed by atoms with Crippen LogP contribution in [0.4, 0.5) is 15.9 Å². The highest BCUT2D eigenvalue weighted by Crippen LogP contribution is 2.30. The molecule has 4 rings (SSSR count). The highest BCUT2D eigenvalue weighted by molar-refractivity contribution is 7.92. The Morgan fingerprint density at radius 2 is 2.06 bits per heavy atom. The van der Waals surface area contributed by atoms with Crippen LogP contribution < -0.4 is 9.62 Å². The molecule has 170 valence electrons. The molecule has 0 bridgehead atoms. The lowest BCUT2D eigenvalue weighted by Crippen LogP contribution is -2.35. The second-order valence-corrected chi connectivity index (χ2v) is 10.4. The molecule has 10 heteroatoms. The number of likely N-dealkylation sites (N-methyl/N-ethyl adjacent to an activating group) is 1. The van der Waals surface area contributed by atoms with E-state index >= 15 is 0 Å². The number of rotatable bonds is 7. The van der Waals surface area contributed by atoms with Crippen molar-refractivity contribution in [1.29, 1.82) is 0 Å². The van der Waals surface area contributed by atoms with E-state index in [0.717, 1.165) is 31.6 Å². The minimum Gasteiger partial charge on any atom is -0.508 e. The highest BCUT2D eigenvalue weighted by atomic mass is 32.2. The lowest BCUT2D eigenvalue weighted by Gasteiger charge is -2.29. The maximum atomic E-state index is 14.9. The summed E-state index contributed by atoms with van der Waals surface area (Å²) in [4.78, 5) is 7.85. The van der Waals surface area contributed by atoms with Crippen LogP contribution in [0.3, 0.4) is 0 Å². The third-order valence-corrected chi connectivity index (χ3v) is 7.69. The van der Waals surface area contributed by atoms with Crippen molar-refractivity contribution in [3.63, 3.8) is 0 Å². The molecule has 0 amide bonds. The maximum absolute atomic E-state index is 14.9. The second kappa shape index (κ2) is 9.05. The lowest BCUT2D eigenvalue weighted by molar-refractivity contribution is 0.325. The smallest absolute Gasteiger partial charge is 0.266 e. The summed E-state index contributed by atoms with van der Waals surface area (Å²) in [6.07, 6.45) is 0.918. The summed E-state index contributed by atoms with van der Waals surface area (Å²) in [5.41, 5.74) is 3.98. The molecule has 7 nitrogen and oxygen atoms in total. The van der Waals surface area contributed by atoms with E-state index in [1.165, 1.54) is 29.0 Å². The zero-order valence-corrected chi connectivity index (χ0v) is 19.5. The molecule has 1 aliphatic rings. The maximum Gasteiger partial charge on any atom is 0.266 e. The molecule has 1 unspecified atom stereocenters. The van der Waals surface area contributed by atoms with Gasteiger partial charge in [-0.05, 0) is 48.7 Å². The molecule has 2 aromatic carbocycles. The quantitative estimate of drug-likeness (QED) is 0.539. The van der Waals surface area contributed by atoms with Crippen molar-refractivity contribution < 1.29 is 17.9 Å². The Hall–Kier alpha value is -2.69. The van der Waals surface area contributed by atoms with Crippen LogP contribution in [0.5, 0.6) is 5.75 Å². The van der Waals surface area contributed by atoms with Gasteiger partial charge in [-0.1, -0.05) is 12.1 Å². The van der Waals surface area contributed by atoms with E-state index in [-0.39, 0.29) is 22.5 Å². The van der Waals surface area contributed by atoms with Gasteiger partial charge in [0.1, 0.15) is 16.5 Å². The number of nitrogens with one attached hydrogen (secondary N) is 1. The molecule has 2 N–H and O–H groups in total. The first-order valence-corrected chi connectivity index (χ1v) is 12.6. The Balaban J connectivity index is 1.47. The van der Waals surface area contributed by atoms with Gasteiger partial charge < -0.3 is 10.0 Å². The molecule has 0 aliphatic carbocycles. The van der Waals surface area contributed by atoms with Crippen LogP contribution in [0, 0.1) is 12.7 Å². The molecule has 2 heterocycles.